The van der Waals surface area contributed by atoms with E-state index in [0.29, 0.717) is 5.02 Å². The van der Waals surface area contributed by atoms with Gasteiger partial charge in [-0.1, -0.05) is 11.6 Å². The Morgan fingerprint density at radius 1 is 1.21 bits per heavy atom. The van der Waals surface area contributed by atoms with E-state index in [9.17, 15) is 17.6 Å². The van der Waals surface area contributed by atoms with Crippen molar-refractivity contribution < 1.29 is 36.2 Å². The summed E-state index contributed by atoms with van der Waals surface area (Å²) >= 11 is 5.94. The number of benzene rings is 2. The molecule has 0 saturated carbocycles. The Bertz CT molecular complexity index is 1160. The van der Waals surface area contributed by atoms with E-state index < -0.39 is 50.1 Å². The fourth-order valence-electron chi connectivity index (χ4n) is 4.67. The number of hydrogen-bond donors (Lipinski definition) is 1. The summed E-state index contributed by atoms with van der Waals surface area (Å²) in [7, 11) is -2.87. The van der Waals surface area contributed by atoms with E-state index in [0.717, 1.165) is 12.1 Å². The molecule has 2 aromatic carbocycles. The van der Waals surface area contributed by atoms with Crippen molar-refractivity contribution in [2.75, 3.05) is 26.9 Å². The van der Waals surface area contributed by atoms with Crippen molar-refractivity contribution in [2.45, 2.75) is 28.6 Å². The summed E-state index contributed by atoms with van der Waals surface area (Å²) in [5.74, 6) is -3.02. The second-order valence-corrected chi connectivity index (χ2v) is 10.5. The van der Waals surface area contributed by atoms with Crippen molar-refractivity contribution in [3.63, 3.8) is 0 Å². The lowest BCUT2D eigenvalue weighted by molar-refractivity contribution is -0.0810. The Morgan fingerprint density at radius 2 is 1.91 bits per heavy atom. The van der Waals surface area contributed by atoms with Gasteiger partial charge >= 0.3 is 6.09 Å². The molecule has 2 aromatic rings. The van der Waals surface area contributed by atoms with Crippen molar-refractivity contribution >= 4 is 27.5 Å². The predicted molar refractivity (Wildman–Crippen MR) is 115 cm³/mol. The lowest BCUT2D eigenvalue weighted by Crippen LogP contribution is -2.57. The number of sulfone groups is 1. The van der Waals surface area contributed by atoms with Crippen LogP contribution in [0, 0.1) is 17.6 Å². The van der Waals surface area contributed by atoms with E-state index in [2.05, 4.69) is 5.32 Å². The van der Waals surface area contributed by atoms with Gasteiger partial charge in [0.1, 0.15) is 10.6 Å². The molecule has 11 heteroatoms. The van der Waals surface area contributed by atoms with Crippen LogP contribution < -0.4 is 10.1 Å². The van der Waals surface area contributed by atoms with Gasteiger partial charge in [-0.05, 0) is 42.8 Å². The molecule has 33 heavy (non-hydrogen) atoms. The van der Waals surface area contributed by atoms with E-state index in [1.54, 1.807) is 0 Å². The number of halogens is 3. The summed E-state index contributed by atoms with van der Waals surface area (Å²) in [6, 6.07) is 7.35. The average molecular weight is 502 g/mol. The minimum Gasteiger partial charge on any atom is -0.490 e. The van der Waals surface area contributed by atoms with Gasteiger partial charge in [0, 0.05) is 31.0 Å². The lowest BCUT2D eigenvalue weighted by atomic mass is 9.75. The molecule has 3 atom stereocenters. The third-order valence-corrected chi connectivity index (χ3v) is 9.00. The minimum atomic E-state index is -4.28. The SMILES string of the molecule is CNC(=O)OCC[C@@H]1OCC[C@@]2(S(=O)(=O)c3ccc(Cl)cc3)c3c(F)ccc(F)c3OC[C@@H]12. The predicted octanol–water partition coefficient (Wildman–Crippen LogP) is 3.83. The number of alkyl carbamates (subject to hydrolysis) is 1. The van der Waals surface area contributed by atoms with Crippen molar-refractivity contribution in [1.29, 1.82) is 0 Å². The number of carbonyl (C=O) groups is 1. The van der Waals surface area contributed by atoms with Crippen LogP contribution in [0.1, 0.15) is 18.4 Å². The van der Waals surface area contributed by atoms with Crippen LogP contribution in [0.3, 0.4) is 0 Å². The quantitative estimate of drug-likeness (QED) is 0.669. The topological polar surface area (TPSA) is 90.9 Å². The van der Waals surface area contributed by atoms with E-state index >= 15 is 4.39 Å². The third kappa shape index (κ3) is 3.94. The number of amides is 1. The molecule has 7 nitrogen and oxygen atoms in total. The first-order valence-corrected chi connectivity index (χ1v) is 12.2. The fourth-order valence-corrected chi connectivity index (χ4v) is 7.14. The highest BCUT2D eigenvalue weighted by atomic mass is 35.5. The normalized spacial score (nSPS) is 24.2. The van der Waals surface area contributed by atoms with Crippen LogP contribution in [-0.4, -0.2) is 47.5 Å². The number of fused-ring (bicyclic) bond motifs is 3. The molecule has 1 N–H and O–H groups in total. The van der Waals surface area contributed by atoms with E-state index in [-0.39, 0.29) is 43.1 Å². The van der Waals surface area contributed by atoms with Crippen LogP contribution in [0.4, 0.5) is 13.6 Å². The van der Waals surface area contributed by atoms with Gasteiger partial charge in [0.15, 0.2) is 21.4 Å². The van der Waals surface area contributed by atoms with Gasteiger partial charge in [-0.25, -0.2) is 22.0 Å². The van der Waals surface area contributed by atoms with E-state index in [1.165, 1.54) is 31.3 Å². The zero-order valence-electron chi connectivity index (χ0n) is 17.6. The molecule has 178 valence electrons. The highest BCUT2D eigenvalue weighted by molar-refractivity contribution is 7.92. The van der Waals surface area contributed by atoms with Crippen molar-refractivity contribution in [3.05, 3.63) is 58.6 Å². The summed E-state index contributed by atoms with van der Waals surface area (Å²) in [5.41, 5.74) is -0.339. The largest absolute Gasteiger partial charge is 0.490 e. The standard InChI is InChI=1S/C22H22ClF2NO6S/c1-26-21(27)31-10-8-18-15-12-32-20-17(25)7-6-16(24)19(20)22(15,9-11-30-18)33(28,29)14-4-2-13(23)3-5-14/h2-7,15,18H,8-12H2,1H3,(H,26,27)/t15-,18-,22-/m0/s1. The molecule has 4 rings (SSSR count). The highest BCUT2D eigenvalue weighted by Gasteiger charge is 2.61. The van der Waals surface area contributed by atoms with Crippen LogP contribution in [0.2, 0.25) is 5.02 Å². The van der Waals surface area contributed by atoms with Crippen LogP contribution >= 0.6 is 11.6 Å². The number of rotatable bonds is 5. The van der Waals surface area contributed by atoms with Gasteiger partial charge in [-0.2, -0.15) is 0 Å². The fraction of sp³-hybridized carbons (Fsp3) is 0.409. The highest BCUT2D eigenvalue weighted by Crippen LogP contribution is 2.55. The molecule has 1 amide bonds. The van der Waals surface area contributed by atoms with Gasteiger partial charge in [-0.3, -0.25) is 0 Å². The first-order valence-electron chi connectivity index (χ1n) is 10.3. The van der Waals surface area contributed by atoms with Crippen molar-refractivity contribution in [2.24, 2.45) is 5.92 Å². The Labute approximate surface area is 194 Å². The van der Waals surface area contributed by atoms with Gasteiger partial charge in [0.2, 0.25) is 0 Å². The molecular formula is C22H22ClF2NO6S. The molecule has 2 aliphatic rings. The van der Waals surface area contributed by atoms with Gasteiger partial charge in [-0.15, -0.1) is 0 Å². The molecule has 2 aliphatic heterocycles. The molecule has 0 unspecified atom stereocenters. The van der Waals surface area contributed by atoms with Crippen molar-refractivity contribution in [1.82, 2.24) is 5.32 Å². The zero-order chi connectivity index (χ0) is 23.8. The molecule has 0 aliphatic carbocycles. The molecular weight excluding hydrogens is 480 g/mol. The van der Waals surface area contributed by atoms with Gasteiger partial charge < -0.3 is 19.5 Å². The molecule has 0 aromatic heterocycles. The average Bonchev–Trinajstić information content (AvgIpc) is 2.81. The van der Waals surface area contributed by atoms with Crippen LogP contribution in [0.5, 0.6) is 5.75 Å². The van der Waals surface area contributed by atoms with Crippen LogP contribution in [0.25, 0.3) is 0 Å². The second-order valence-electron chi connectivity index (χ2n) is 7.83. The summed E-state index contributed by atoms with van der Waals surface area (Å²) in [4.78, 5) is 11.3. The second kappa shape index (κ2) is 9.08. The summed E-state index contributed by atoms with van der Waals surface area (Å²) in [6.45, 7) is -0.301. The summed E-state index contributed by atoms with van der Waals surface area (Å²) < 4.78 is 72.7. The number of nitrogens with one attached hydrogen (secondary N) is 1. The zero-order valence-corrected chi connectivity index (χ0v) is 19.2. The number of carbonyl (C=O) groups excluding carboxylic acids is 1. The van der Waals surface area contributed by atoms with Crippen molar-refractivity contribution in [3.8, 4) is 5.75 Å². The first kappa shape index (κ1) is 23.7. The van der Waals surface area contributed by atoms with Gasteiger partial charge in [0.05, 0.1) is 29.8 Å². The molecule has 0 bridgehead atoms. The van der Waals surface area contributed by atoms with Gasteiger partial charge in [0.25, 0.3) is 0 Å². The maximum Gasteiger partial charge on any atom is 0.406 e. The Balaban J connectivity index is 1.86. The molecule has 0 radical (unpaired) electrons. The van der Waals surface area contributed by atoms with Crippen LogP contribution in [0.15, 0.2) is 41.3 Å². The molecule has 1 saturated heterocycles. The Kier molecular flexibility index (Phi) is 6.52. The number of ether oxygens (including phenoxy) is 3. The smallest absolute Gasteiger partial charge is 0.406 e. The minimum absolute atomic E-state index is 0.0245. The molecule has 2 heterocycles. The maximum atomic E-state index is 15.3. The van der Waals surface area contributed by atoms with Crippen LogP contribution in [-0.2, 0) is 24.1 Å². The molecule has 1 fully saturated rings. The Hall–Kier alpha value is -2.43. The maximum absolute atomic E-state index is 15.3. The monoisotopic (exact) mass is 501 g/mol. The first-order chi connectivity index (χ1) is 15.7. The summed E-state index contributed by atoms with van der Waals surface area (Å²) in [5, 5.41) is 2.66. The molecule has 0 spiro atoms. The summed E-state index contributed by atoms with van der Waals surface area (Å²) in [6.07, 6.45) is -1.36. The lowest BCUT2D eigenvalue weighted by Gasteiger charge is -2.50. The van der Waals surface area contributed by atoms with E-state index in [4.69, 9.17) is 25.8 Å². The Morgan fingerprint density at radius 3 is 2.61 bits per heavy atom. The number of hydrogen-bond acceptors (Lipinski definition) is 6. The third-order valence-electron chi connectivity index (χ3n) is 6.19. The van der Waals surface area contributed by atoms with E-state index in [1.807, 2.05) is 0 Å².